The van der Waals surface area contributed by atoms with Crippen LogP contribution in [-0.2, 0) is 6.42 Å². The quantitative estimate of drug-likeness (QED) is 0.826. The molecule has 0 aliphatic carbocycles. The maximum atomic E-state index is 12.2. The summed E-state index contributed by atoms with van der Waals surface area (Å²) in [6, 6.07) is 15.8. The molecule has 0 fully saturated rings. The van der Waals surface area contributed by atoms with Gasteiger partial charge in [0.05, 0.1) is 0 Å². The Morgan fingerprint density at radius 1 is 1.19 bits per heavy atom. The minimum atomic E-state index is -0.0342. The third-order valence-electron chi connectivity index (χ3n) is 3.58. The highest BCUT2D eigenvalue weighted by Crippen LogP contribution is 2.13. The molecule has 2 rings (SSSR count). The van der Waals surface area contributed by atoms with E-state index in [2.05, 4.69) is 17.4 Å². The molecule has 0 heterocycles. The largest absolute Gasteiger partial charge is 0.399 e. The number of hydrogen-bond acceptors (Lipinski definition) is 2. The zero-order valence-corrected chi connectivity index (χ0v) is 12.6. The van der Waals surface area contributed by atoms with Crippen LogP contribution in [0.3, 0.4) is 0 Å². The van der Waals surface area contributed by atoms with Gasteiger partial charge >= 0.3 is 0 Å². The smallest absolute Gasteiger partial charge is 0.251 e. The maximum absolute atomic E-state index is 12.2. The number of anilines is 1. The van der Waals surface area contributed by atoms with Crippen molar-refractivity contribution in [3.8, 4) is 0 Å². The van der Waals surface area contributed by atoms with Gasteiger partial charge in [-0.05, 0) is 56.0 Å². The van der Waals surface area contributed by atoms with Crippen molar-refractivity contribution in [2.75, 3.05) is 5.73 Å². The summed E-state index contributed by atoms with van der Waals surface area (Å²) >= 11 is 0. The Morgan fingerprint density at radius 3 is 2.57 bits per heavy atom. The van der Waals surface area contributed by atoms with Gasteiger partial charge in [-0.2, -0.15) is 0 Å². The molecule has 1 amide bonds. The SMILES string of the molecule is Cc1cc(N)ccc1C(=O)NC(C)CCc1ccccc1. The molecule has 0 spiro atoms. The minimum absolute atomic E-state index is 0.0342. The Morgan fingerprint density at radius 2 is 1.90 bits per heavy atom. The summed E-state index contributed by atoms with van der Waals surface area (Å²) in [5.74, 6) is -0.0342. The maximum Gasteiger partial charge on any atom is 0.251 e. The molecule has 3 N–H and O–H groups in total. The van der Waals surface area contributed by atoms with Crippen LogP contribution < -0.4 is 11.1 Å². The van der Waals surface area contributed by atoms with Crippen LogP contribution in [-0.4, -0.2) is 11.9 Å². The molecular weight excluding hydrogens is 260 g/mol. The fraction of sp³-hybridized carbons (Fsp3) is 0.278. The Hall–Kier alpha value is -2.29. The van der Waals surface area contributed by atoms with Crippen LogP contribution in [0.5, 0.6) is 0 Å². The van der Waals surface area contributed by atoms with Crippen LogP contribution >= 0.6 is 0 Å². The van der Waals surface area contributed by atoms with E-state index >= 15 is 0 Å². The zero-order valence-electron chi connectivity index (χ0n) is 12.6. The van der Waals surface area contributed by atoms with Crippen molar-refractivity contribution in [2.45, 2.75) is 32.7 Å². The number of aryl methyl sites for hydroxylation is 2. The average molecular weight is 282 g/mol. The van der Waals surface area contributed by atoms with Crippen molar-refractivity contribution >= 4 is 11.6 Å². The van der Waals surface area contributed by atoms with Gasteiger partial charge in [-0.1, -0.05) is 30.3 Å². The summed E-state index contributed by atoms with van der Waals surface area (Å²) in [5, 5.41) is 3.05. The number of hydrogen-bond donors (Lipinski definition) is 2. The molecule has 3 heteroatoms. The van der Waals surface area contributed by atoms with Crippen LogP contribution in [0.15, 0.2) is 48.5 Å². The van der Waals surface area contributed by atoms with Gasteiger partial charge in [0.1, 0.15) is 0 Å². The number of carbonyl (C=O) groups excluding carboxylic acids is 1. The Balaban J connectivity index is 1.90. The van der Waals surface area contributed by atoms with Gasteiger partial charge < -0.3 is 11.1 Å². The fourth-order valence-electron chi connectivity index (χ4n) is 2.34. The highest BCUT2D eigenvalue weighted by molar-refractivity contribution is 5.96. The molecule has 21 heavy (non-hydrogen) atoms. The van der Waals surface area contributed by atoms with Gasteiger partial charge in [-0.15, -0.1) is 0 Å². The van der Waals surface area contributed by atoms with Crippen LogP contribution in [0.2, 0.25) is 0 Å². The summed E-state index contributed by atoms with van der Waals surface area (Å²) in [5.41, 5.74) is 9.28. The monoisotopic (exact) mass is 282 g/mol. The molecule has 2 aromatic rings. The van der Waals surface area contributed by atoms with Gasteiger partial charge in [-0.3, -0.25) is 4.79 Å². The predicted molar refractivity (Wildman–Crippen MR) is 87.3 cm³/mol. The van der Waals surface area contributed by atoms with Crippen molar-refractivity contribution in [3.63, 3.8) is 0 Å². The Labute approximate surface area is 126 Å². The first-order valence-corrected chi connectivity index (χ1v) is 7.27. The molecule has 110 valence electrons. The number of rotatable bonds is 5. The molecule has 2 aromatic carbocycles. The van der Waals surface area contributed by atoms with E-state index in [0.717, 1.165) is 18.4 Å². The number of carbonyl (C=O) groups is 1. The van der Waals surface area contributed by atoms with E-state index < -0.39 is 0 Å². The Kier molecular flexibility index (Phi) is 4.99. The summed E-state index contributed by atoms with van der Waals surface area (Å²) in [4.78, 5) is 12.2. The van der Waals surface area contributed by atoms with Crippen molar-refractivity contribution in [1.82, 2.24) is 5.32 Å². The number of benzene rings is 2. The van der Waals surface area contributed by atoms with Crippen LogP contribution in [0.1, 0.15) is 34.8 Å². The first-order chi connectivity index (χ1) is 10.1. The van der Waals surface area contributed by atoms with E-state index in [1.165, 1.54) is 5.56 Å². The summed E-state index contributed by atoms with van der Waals surface area (Å²) in [6.07, 6.45) is 1.88. The lowest BCUT2D eigenvalue weighted by Gasteiger charge is -2.15. The topological polar surface area (TPSA) is 55.1 Å². The van der Waals surface area contributed by atoms with Crippen molar-refractivity contribution in [2.24, 2.45) is 0 Å². The molecule has 0 aromatic heterocycles. The van der Waals surface area contributed by atoms with Crippen LogP contribution in [0, 0.1) is 6.92 Å². The van der Waals surface area contributed by atoms with Gasteiger partial charge in [0.15, 0.2) is 0 Å². The molecule has 0 aliphatic heterocycles. The second-order valence-electron chi connectivity index (χ2n) is 5.47. The predicted octanol–water partition coefficient (Wildman–Crippen LogP) is 3.33. The average Bonchev–Trinajstić information content (AvgIpc) is 2.46. The zero-order chi connectivity index (χ0) is 15.2. The van der Waals surface area contributed by atoms with Crippen LogP contribution in [0.4, 0.5) is 5.69 Å². The van der Waals surface area contributed by atoms with Gasteiger partial charge in [0.2, 0.25) is 0 Å². The number of nitrogens with two attached hydrogens (primary N) is 1. The van der Waals surface area contributed by atoms with E-state index in [9.17, 15) is 4.79 Å². The fourth-order valence-corrected chi connectivity index (χ4v) is 2.34. The third-order valence-corrected chi connectivity index (χ3v) is 3.58. The summed E-state index contributed by atoms with van der Waals surface area (Å²) < 4.78 is 0. The van der Waals surface area contributed by atoms with E-state index in [4.69, 9.17) is 5.73 Å². The molecule has 0 saturated carbocycles. The first-order valence-electron chi connectivity index (χ1n) is 7.27. The summed E-state index contributed by atoms with van der Waals surface area (Å²) in [7, 11) is 0. The van der Waals surface area contributed by atoms with Crippen molar-refractivity contribution in [3.05, 3.63) is 65.2 Å². The normalized spacial score (nSPS) is 11.9. The molecule has 0 bridgehead atoms. The molecule has 3 nitrogen and oxygen atoms in total. The van der Waals surface area contributed by atoms with E-state index in [0.29, 0.717) is 11.3 Å². The molecule has 0 aliphatic rings. The lowest BCUT2D eigenvalue weighted by molar-refractivity contribution is 0.0938. The lowest BCUT2D eigenvalue weighted by atomic mass is 10.0. The molecule has 0 saturated heterocycles. The Bertz CT molecular complexity index is 608. The molecule has 1 unspecified atom stereocenters. The minimum Gasteiger partial charge on any atom is -0.399 e. The van der Waals surface area contributed by atoms with Crippen molar-refractivity contribution in [1.29, 1.82) is 0 Å². The number of nitrogens with one attached hydrogen (secondary N) is 1. The highest BCUT2D eigenvalue weighted by Gasteiger charge is 2.12. The van der Waals surface area contributed by atoms with E-state index in [-0.39, 0.29) is 11.9 Å². The first kappa shape index (κ1) is 15.1. The lowest BCUT2D eigenvalue weighted by Crippen LogP contribution is -2.33. The van der Waals surface area contributed by atoms with Crippen molar-refractivity contribution < 1.29 is 4.79 Å². The second kappa shape index (κ2) is 6.93. The molecule has 0 radical (unpaired) electrons. The van der Waals surface area contributed by atoms with Gasteiger partial charge in [0.25, 0.3) is 5.91 Å². The number of nitrogen functional groups attached to an aromatic ring is 1. The highest BCUT2D eigenvalue weighted by atomic mass is 16.1. The summed E-state index contributed by atoms with van der Waals surface area (Å²) in [6.45, 7) is 3.94. The molecule has 1 atom stereocenters. The van der Waals surface area contributed by atoms with Gasteiger partial charge in [0, 0.05) is 17.3 Å². The van der Waals surface area contributed by atoms with E-state index in [1.54, 1.807) is 12.1 Å². The third kappa shape index (κ3) is 4.35. The van der Waals surface area contributed by atoms with Gasteiger partial charge in [-0.25, -0.2) is 0 Å². The second-order valence-corrected chi connectivity index (χ2v) is 5.47. The molecular formula is C18H22N2O. The van der Waals surface area contributed by atoms with E-state index in [1.807, 2.05) is 38.1 Å². The number of amides is 1. The standard InChI is InChI=1S/C18H22N2O/c1-13-12-16(19)10-11-17(13)18(21)20-14(2)8-9-15-6-4-3-5-7-15/h3-7,10-12,14H,8-9,19H2,1-2H3,(H,20,21). The van der Waals surface area contributed by atoms with Crippen LogP contribution in [0.25, 0.3) is 0 Å².